The minimum Gasteiger partial charge on any atom is -0.383 e. The fraction of sp³-hybridized carbons (Fsp3) is 0.364. The van der Waals surface area contributed by atoms with Crippen LogP contribution in [0.4, 0.5) is 15.8 Å². The molecule has 0 aromatic heterocycles. The molecule has 1 aromatic rings. The number of hydrogen-bond acceptors (Lipinski definition) is 2. The Bertz CT molecular complexity index is 392. The van der Waals surface area contributed by atoms with E-state index in [0.717, 1.165) is 5.69 Å². The minimum absolute atomic E-state index is 0.0364. The molecule has 1 amide bonds. The molecule has 1 aromatic carbocycles. The maximum absolute atomic E-state index is 13.1. The first-order chi connectivity index (χ1) is 7.22. The Morgan fingerprint density at radius 2 is 2.33 bits per heavy atom. The van der Waals surface area contributed by atoms with Crippen molar-refractivity contribution < 1.29 is 9.18 Å². The van der Waals surface area contributed by atoms with Gasteiger partial charge in [-0.3, -0.25) is 4.79 Å². The maximum Gasteiger partial charge on any atom is 0.228 e. The van der Waals surface area contributed by atoms with Gasteiger partial charge < -0.3 is 10.2 Å². The maximum atomic E-state index is 13.1. The van der Waals surface area contributed by atoms with Crippen molar-refractivity contribution in [2.24, 2.45) is 0 Å². The zero-order chi connectivity index (χ0) is 10.8. The summed E-state index contributed by atoms with van der Waals surface area (Å²) in [6.45, 7) is 3.06. The van der Waals surface area contributed by atoms with Gasteiger partial charge in [0.2, 0.25) is 5.91 Å². The van der Waals surface area contributed by atoms with Gasteiger partial charge in [-0.15, -0.1) is 0 Å². The number of amides is 1. The molecule has 0 saturated heterocycles. The lowest BCUT2D eigenvalue weighted by Gasteiger charge is -2.20. The zero-order valence-corrected chi connectivity index (χ0v) is 8.59. The Morgan fingerprint density at radius 1 is 1.53 bits per heavy atom. The number of carbonyl (C=O) groups excluding carboxylic acids is 1. The molecule has 0 atom stereocenters. The van der Waals surface area contributed by atoms with Gasteiger partial charge in [0.05, 0.1) is 11.4 Å². The van der Waals surface area contributed by atoms with E-state index in [2.05, 4.69) is 5.32 Å². The van der Waals surface area contributed by atoms with Crippen LogP contribution in [0.15, 0.2) is 18.2 Å². The molecule has 15 heavy (non-hydrogen) atoms. The first kappa shape index (κ1) is 9.96. The highest BCUT2D eigenvalue weighted by Crippen LogP contribution is 2.29. The number of nitrogens with zero attached hydrogens (tertiary/aromatic N) is 1. The first-order valence-corrected chi connectivity index (χ1v) is 5.06. The van der Waals surface area contributed by atoms with Crippen molar-refractivity contribution in [3.8, 4) is 0 Å². The summed E-state index contributed by atoms with van der Waals surface area (Å²) in [5.74, 6) is -0.280. The summed E-state index contributed by atoms with van der Waals surface area (Å²) in [5.41, 5.74) is 1.46. The van der Waals surface area contributed by atoms with Crippen LogP contribution >= 0.6 is 0 Å². The number of hydrogen-bond donors (Lipinski definition) is 1. The number of rotatable bonds is 1. The molecule has 1 aliphatic heterocycles. The molecule has 3 nitrogen and oxygen atoms in total. The van der Waals surface area contributed by atoms with E-state index in [-0.39, 0.29) is 11.7 Å². The molecule has 0 spiro atoms. The third kappa shape index (κ3) is 1.79. The average molecular weight is 208 g/mol. The van der Waals surface area contributed by atoms with Gasteiger partial charge in [0, 0.05) is 19.5 Å². The van der Waals surface area contributed by atoms with Crippen molar-refractivity contribution >= 4 is 17.3 Å². The number of halogens is 1. The van der Waals surface area contributed by atoms with E-state index in [0.29, 0.717) is 25.2 Å². The number of anilines is 2. The van der Waals surface area contributed by atoms with Crippen LogP contribution in [-0.4, -0.2) is 19.0 Å². The fourth-order valence-corrected chi connectivity index (χ4v) is 1.80. The molecule has 0 radical (unpaired) electrons. The van der Waals surface area contributed by atoms with Crippen molar-refractivity contribution in [3.63, 3.8) is 0 Å². The molecule has 0 fully saturated rings. The predicted molar refractivity (Wildman–Crippen MR) is 57.5 cm³/mol. The lowest BCUT2D eigenvalue weighted by molar-refractivity contribution is -0.118. The molecule has 0 saturated carbocycles. The van der Waals surface area contributed by atoms with Crippen LogP contribution < -0.4 is 10.2 Å². The van der Waals surface area contributed by atoms with E-state index >= 15 is 0 Å². The van der Waals surface area contributed by atoms with E-state index < -0.39 is 0 Å². The molecule has 0 bridgehead atoms. The molecular weight excluding hydrogens is 195 g/mol. The summed E-state index contributed by atoms with van der Waals surface area (Å²) in [6, 6.07) is 4.47. The normalized spacial score (nSPS) is 15.6. The van der Waals surface area contributed by atoms with Crippen LogP contribution in [-0.2, 0) is 4.79 Å². The number of fused-ring (bicyclic) bond motifs is 1. The third-order valence-corrected chi connectivity index (χ3v) is 2.52. The third-order valence-electron chi connectivity index (χ3n) is 2.52. The summed E-state index contributed by atoms with van der Waals surface area (Å²) in [7, 11) is 0. The Labute approximate surface area is 87.9 Å². The standard InChI is InChI=1S/C11H13FN2O/c1-2-14-10-7-8(12)3-4-9(10)13-6-5-11(14)15/h3-4,7,13H,2,5-6H2,1H3. The van der Waals surface area contributed by atoms with E-state index in [9.17, 15) is 9.18 Å². The van der Waals surface area contributed by atoms with Gasteiger partial charge in [-0.25, -0.2) is 4.39 Å². The van der Waals surface area contributed by atoms with Crippen LogP contribution in [0.2, 0.25) is 0 Å². The molecule has 1 N–H and O–H groups in total. The molecule has 0 unspecified atom stereocenters. The van der Waals surface area contributed by atoms with Gasteiger partial charge in [-0.1, -0.05) is 0 Å². The average Bonchev–Trinajstić information content (AvgIpc) is 2.36. The fourth-order valence-electron chi connectivity index (χ4n) is 1.80. The lowest BCUT2D eigenvalue weighted by Crippen LogP contribution is -2.29. The molecule has 80 valence electrons. The van der Waals surface area contributed by atoms with Gasteiger partial charge in [-0.05, 0) is 25.1 Å². The summed E-state index contributed by atoms with van der Waals surface area (Å²) >= 11 is 0. The SMILES string of the molecule is CCN1C(=O)CCNc2ccc(F)cc21. The van der Waals surface area contributed by atoms with Crippen LogP contribution in [0, 0.1) is 5.82 Å². The highest BCUT2D eigenvalue weighted by molar-refractivity contribution is 5.98. The summed E-state index contributed by atoms with van der Waals surface area (Å²) in [5, 5.41) is 3.12. The van der Waals surface area contributed by atoms with Gasteiger partial charge in [-0.2, -0.15) is 0 Å². The second kappa shape index (κ2) is 3.88. The van der Waals surface area contributed by atoms with E-state index in [1.807, 2.05) is 6.92 Å². The Kier molecular flexibility index (Phi) is 2.58. The van der Waals surface area contributed by atoms with Gasteiger partial charge in [0.25, 0.3) is 0 Å². The zero-order valence-electron chi connectivity index (χ0n) is 8.59. The molecule has 0 aliphatic carbocycles. The summed E-state index contributed by atoms with van der Waals surface area (Å²) in [4.78, 5) is 13.3. The summed E-state index contributed by atoms with van der Waals surface area (Å²) < 4.78 is 13.1. The molecule has 1 heterocycles. The van der Waals surface area contributed by atoms with Crippen molar-refractivity contribution in [3.05, 3.63) is 24.0 Å². The topological polar surface area (TPSA) is 32.3 Å². The monoisotopic (exact) mass is 208 g/mol. The molecule has 4 heteroatoms. The van der Waals surface area contributed by atoms with Gasteiger partial charge in [0.1, 0.15) is 5.82 Å². The van der Waals surface area contributed by atoms with Crippen LogP contribution in [0.25, 0.3) is 0 Å². The van der Waals surface area contributed by atoms with Crippen LogP contribution in [0.1, 0.15) is 13.3 Å². The molecule has 1 aliphatic rings. The van der Waals surface area contributed by atoms with Crippen LogP contribution in [0.3, 0.4) is 0 Å². The lowest BCUT2D eigenvalue weighted by atomic mass is 10.2. The van der Waals surface area contributed by atoms with Crippen molar-refractivity contribution in [2.75, 3.05) is 23.3 Å². The largest absolute Gasteiger partial charge is 0.383 e. The predicted octanol–water partition coefficient (Wildman–Crippen LogP) is 1.99. The van der Waals surface area contributed by atoms with Crippen molar-refractivity contribution in [2.45, 2.75) is 13.3 Å². The molecule has 2 rings (SSSR count). The number of benzene rings is 1. The Hall–Kier alpha value is -1.58. The highest BCUT2D eigenvalue weighted by atomic mass is 19.1. The Balaban J connectivity index is 2.49. The highest BCUT2D eigenvalue weighted by Gasteiger charge is 2.20. The second-order valence-electron chi connectivity index (χ2n) is 3.48. The van der Waals surface area contributed by atoms with E-state index in [4.69, 9.17) is 0 Å². The van der Waals surface area contributed by atoms with Gasteiger partial charge >= 0.3 is 0 Å². The van der Waals surface area contributed by atoms with Gasteiger partial charge in [0.15, 0.2) is 0 Å². The number of nitrogens with one attached hydrogen (secondary N) is 1. The quantitative estimate of drug-likeness (QED) is 0.765. The first-order valence-electron chi connectivity index (χ1n) is 5.06. The Morgan fingerprint density at radius 3 is 3.07 bits per heavy atom. The second-order valence-corrected chi connectivity index (χ2v) is 3.48. The molecular formula is C11H13FN2O. The minimum atomic E-state index is -0.316. The smallest absolute Gasteiger partial charge is 0.228 e. The number of carbonyl (C=O) groups is 1. The van der Waals surface area contributed by atoms with E-state index in [1.54, 1.807) is 11.0 Å². The summed E-state index contributed by atoms with van der Waals surface area (Å²) in [6.07, 6.45) is 0.449. The van der Waals surface area contributed by atoms with Crippen molar-refractivity contribution in [1.82, 2.24) is 0 Å². The van der Waals surface area contributed by atoms with Crippen molar-refractivity contribution in [1.29, 1.82) is 0 Å². The van der Waals surface area contributed by atoms with E-state index in [1.165, 1.54) is 12.1 Å². The van der Waals surface area contributed by atoms with Crippen LogP contribution in [0.5, 0.6) is 0 Å².